The largest absolute Gasteiger partial charge is 0.486 e. The van der Waals surface area contributed by atoms with E-state index in [-0.39, 0.29) is 11.6 Å². The first-order valence-electron chi connectivity index (χ1n) is 8.71. The fourth-order valence-corrected chi connectivity index (χ4v) is 2.79. The van der Waals surface area contributed by atoms with Crippen LogP contribution in [-0.2, 0) is 7.05 Å². The number of carbonyl (C=O) groups excluding carboxylic acids is 2. The minimum Gasteiger partial charge on any atom is -0.486 e. The van der Waals surface area contributed by atoms with Crippen LogP contribution in [0.4, 0.5) is 11.5 Å². The van der Waals surface area contributed by atoms with E-state index >= 15 is 0 Å². The third-order valence-corrected chi connectivity index (χ3v) is 4.19. The molecule has 28 heavy (non-hydrogen) atoms. The van der Waals surface area contributed by atoms with Crippen molar-refractivity contribution in [2.24, 2.45) is 7.05 Å². The van der Waals surface area contributed by atoms with E-state index < -0.39 is 5.91 Å². The van der Waals surface area contributed by atoms with E-state index in [0.29, 0.717) is 41.8 Å². The van der Waals surface area contributed by atoms with Crippen molar-refractivity contribution in [2.75, 3.05) is 23.8 Å². The first-order chi connectivity index (χ1) is 13.6. The van der Waals surface area contributed by atoms with E-state index in [9.17, 15) is 9.59 Å². The highest BCUT2D eigenvalue weighted by Gasteiger charge is 2.17. The van der Waals surface area contributed by atoms with Crippen molar-refractivity contribution in [1.29, 1.82) is 0 Å². The third kappa shape index (κ3) is 3.66. The summed E-state index contributed by atoms with van der Waals surface area (Å²) in [5.41, 5.74) is 1.27. The smallest absolute Gasteiger partial charge is 0.276 e. The van der Waals surface area contributed by atoms with Gasteiger partial charge in [0.1, 0.15) is 19.0 Å². The van der Waals surface area contributed by atoms with E-state index in [1.165, 1.54) is 10.7 Å². The van der Waals surface area contributed by atoms with Crippen molar-refractivity contribution in [2.45, 2.75) is 0 Å². The second kappa shape index (κ2) is 7.43. The third-order valence-electron chi connectivity index (χ3n) is 4.19. The molecule has 142 valence electrons. The van der Waals surface area contributed by atoms with Crippen LogP contribution in [0.3, 0.4) is 0 Å². The number of ether oxygens (including phenoxy) is 2. The van der Waals surface area contributed by atoms with Crippen LogP contribution in [0.5, 0.6) is 11.5 Å². The Bertz CT molecular complexity index is 1030. The number of anilines is 2. The highest BCUT2D eigenvalue weighted by Crippen LogP contribution is 2.32. The first kappa shape index (κ1) is 17.6. The number of fused-ring (bicyclic) bond motifs is 1. The van der Waals surface area contributed by atoms with Gasteiger partial charge in [0.15, 0.2) is 17.2 Å². The van der Waals surface area contributed by atoms with Gasteiger partial charge in [-0.3, -0.25) is 14.3 Å². The van der Waals surface area contributed by atoms with Crippen LogP contribution in [-0.4, -0.2) is 34.8 Å². The summed E-state index contributed by atoms with van der Waals surface area (Å²) in [6, 6.07) is 15.5. The molecule has 0 saturated heterocycles. The van der Waals surface area contributed by atoms with E-state index in [0.717, 1.165) is 0 Å². The molecule has 0 unspecified atom stereocenters. The van der Waals surface area contributed by atoms with Crippen LogP contribution in [0.25, 0.3) is 0 Å². The maximum Gasteiger partial charge on any atom is 0.276 e. The Labute approximate surface area is 161 Å². The first-order valence-corrected chi connectivity index (χ1v) is 8.71. The zero-order chi connectivity index (χ0) is 19.5. The van der Waals surface area contributed by atoms with E-state index in [2.05, 4.69) is 15.7 Å². The van der Waals surface area contributed by atoms with Crippen molar-refractivity contribution < 1.29 is 19.1 Å². The number of hydrogen-bond acceptors (Lipinski definition) is 5. The number of rotatable bonds is 4. The molecule has 2 heterocycles. The highest BCUT2D eigenvalue weighted by atomic mass is 16.6. The fourth-order valence-electron chi connectivity index (χ4n) is 2.79. The topological polar surface area (TPSA) is 94.5 Å². The SMILES string of the molecule is Cn1nc(C(=O)Nc2ccc3c(c2)OCCO3)cc1NC(=O)c1ccccc1. The zero-order valence-electron chi connectivity index (χ0n) is 15.1. The summed E-state index contributed by atoms with van der Waals surface area (Å²) >= 11 is 0. The molecule has 0 bridgehead atoms. The number of benzene rings is 2. The van der Waals surface area contributed by atoms with Crippen LogP contribution in [0.1, 0.15) is 20.8 Å². The van der Waals surface area contributed by atoms with Crippen molar-refractivity contribution in [3.05, 3.63) is 65.9 Å². The number of hydrogen-bond donors (Lipinski definition) is 2. The number of amides is 2. The summed E-state index contributed by atoms with van der Waals surface area (Å²) in [6.07, 6.45) is 0. The molecule has 2 aromatic carbocycles. The molecule has 1 aliphatic rings. The molecule has 3 aromatic rings. The lowest BCUT2D eigenvalue weighted by molar-refractivity contribution is 0.101. The maximum absolute atomic E-state index is 12.5. The van der Waals surface area contributed by atoms with Gasteiger partial charge in [-0.05, 0) is 24.3 Å². The molecular formula is C20H18N4O4. The lowest BCUT2D eigenvalue weighted by atomic mass is 10.2. The van der Waals surface area contributed by atoms with Gasteiger partial charge in [0.25, 0.3) is 11.8 Å². The van der Waals surface area contributed by atoms with Gasteiger partial charge >= 0.3 is 0 Å². The normalized spacial score (nSPS) is 12.3. The Morgan fingerprint density at radius 3 is 2.46 bits per heavy atom. The van der Waals surface area contributed by atoms with Crippen LogP contribution in [0.2, 0.25) is 0 Å². The second-order valence-electron chi connectivity index (χ2n) is 6.17. The molecule has 8 heteroatoms. The van der Waals surface area contributed by atoms with Gasteiger partial charge in [0.05, 0.1) is 0 Å². The number of aryl methyl sites for hydroxylation is 1. The molecule has 0 atom stereocenters. The van der Waals surface area contributed by atoms with Gasteiger partial charge in [0.2, 0.25) is 0 Å². The Morgan fingerprint density at radius 2 is 1.68 bits per heavy atom. The van der Waals surface area contributed by atoms with Gasteiger partial charge in [-0.1, -0.05) is 18.2 Å². The molecule has 4 rings (SSSR count). The minimum absolute atomic E-state index is 0.181. The summed E-state index contributed by atoms with van der Waals surface area (Å²) in [6.45, 7) is 0.971. The Hall–Kier alpha value is -3.81. The van der Waals surface area contributed by atoms with Crippen LogP contribution >= 0.6 is 0 Å². The molecule has 2 N–H and O–H groups in total. The second-order valence-corrected chi connectivity index (χ2v) is 6.17. The van der Waals surface area contributed by atoms with Crippen LogP contribution < -0.4 is 20.1 Å². The van der Waals surface area contributed by atoms with Crippen molar-refractivity contribution in [1.82, 2.24) is 9.78 Å². The standard InChI is InChI=1S/C20H18N4O4/c1-24-18(22-19(25)13-5-3-2-4-6-13)12-15(23-24)20(26)21-14-7-8-16-17(11-14)28-10-9-27-16/h2-8,11-12H,9-10H2,1H3,(H,21,26)(H,22,25). The van der Waals surface area contributed by atoms with Gasteiger partial charge in [-0.2, -0.15) is 5.10 Å². The molecule has 0 spiro atoms. The number of carbonyl (C=O) groups is 2. The van der Waals surface area contributed by atoms with E-state index in [1.807, 2.05) is 6.07 Å². The molecule has 0 aliphatic carbocycles. The maximum atomic E-state index is 12.5. The average Bonchev–Trinajstić information content (AvgIpc) is 3.09. The molecule has 0 radical (unpaired) electrons. The molecule has 1 aromatic heterocycles. The lowest BCUT2D eigenvalue weighted by Crippen LogP contribution is -2.16. The van der Waals surface area contributed by atoms with Crippen molar-refractivity contribution >= 4 is 23.3 Å². The number of nitrogens with zero attached hydrogens (tertiary/aromatic N) is 2. The summed E-state index contributed by atoms with van der Waals surface area (Å²) in [4.78, 5) is 24.8. The van der Waals surface area contributed by atoms with E-state index in [4.69, 9.17) is 9.47 Å². The number of nitrogens with one attached hydrogen (secondary N) is 2. The van der Waals surface area contributed by atoms with Crippen LogP contribution in [0, 0.1) is 0 Å². The molecule has 1 aliphatic heterocycles. The predicted molar refractivity (Wildman–Crippen MR) is 103 cm³/mol. The lowest BCUT2D eigenvalue weighted by Gasteiger charge is -2.18. The Balaban J connectivity index is 1.47. The molecule has 0 fully saturated rings. The number of aromatic nitrogens is 2. The summed E-state index contributed by atoms with van der Waals surface area (Å²) in [7, 11) is 1.65. The summed E-state index contributed by atoms with van der Waals surface area (Å²) in [5.74, 6) is 0.977. The average molecular weight is 378 g/mol. The van der Waals surface area contributed by atoms with Gasteiger partial charge in [-0.15, -0.1) is 0 Å². The molecular weight excluding hydrogens is 360 g/mol. The van der Waals surface area contributed by atoms with Gasteiger partial charge < -0.3 is 20.1 Å². The quantitative estimate of drug-likeness (QED) is 0.728. The minimum atomic E-state index is -0.396. The van der Waals surface area contributed by atoms with Gasteiger partial charge in [0, 0.05) is 30.4 Å². The Kier molecular flexibility index (Phi) is 4.67. The van der Waals surface area contributed by atoms with E-state index in [1.54, 1.807) is 49.5 Å². The summed E-state index contributed by atoms with van der Waals surface area (Å²) < 4.78 is 12.4. The van der Waals surface area contributed by atoms with Crippen molar-refractivity contribution in [3.8, 4) is 11.5 Å². The fraction of sp³-hybridized carbons (Fsp3) is 0.150. The molecule has 0 saturated carbocycles. The monoisotopic (exact) mass is 378 g/mol. The summed E-state index contributed by atoms with van der Waals surface area (Å²) in [5, 5.41) is 9.70. The molecule has 2 amide bonds. The zero-order valence-corrected chi connectivity index (χ0v) is 15.1. The van der Waals surface area contributed by atoms with Crippen LogP contribution in [0.15, 0.2) is 54.6 Å². The highest BCUT2D eigenvalue weighted by molar-refractivity contribution is 6.06. The molecule has 8 nitrogen and oxygen atoms in total. The van der Waals surface area contributed by atoms with Gasteiger partial charge in [-0.25, -0.2) is 0 Å². The Morgan fingerprint density at radius 1 is 0.929 bits per heavy atom. The van der Waals surface area contributed by atoms with Crippen molar-refractivity contribution in [3.63, 3.8) is 0 Å². The predicted octanol–water partition coefficient (Wildman–Crippen LogP) is 2.70.